The minimum Gasteiger partial charge on any atom is -0.495 e. The number of hydrogen-bond acceptors (Lipinski definition) is 4. The summed E-state index contributed by atoms with van der Waals surface area (Å²) in [6, 6.07) is 5.05. The van der Waals surface area contributed by atoms with E-state index in [-0.39, 0.29) is 11.7 Å². The normalized spacial score (nSPS) is 19.6. The maximum absolute atomic E-state index is 12.3. The summed E-state index contributed by atoms with van der Waals surface area (Å²) in [5.74, 6) is 0.950. The molecule has 4 nitrogen and oxygen atoms in total. The molecule has 1 heterocycles. The number of methoxy groups -OCH3 is 1. The molecule has 1 unspecified atom stereocenters. The predicted octanol–water partition coefficient (Wildman–Crippen LogP) is 2.83. The van der Waals surface area contributed by atoms with Crippen LogP contribution in [0.1, 0.15) is 30.1 Å². The first-order valence-electron chi connectivity index (χ1n) is 7.17. The number of carbonyl (C=O) groups is 2. The zero-order valence-corrected chi connectivity index (χ0v) is 13.2. The van der Waals surface area contributed by atoms with Crippen LogP contribution in [-0.4, -0.2) is 43.2 Å². The summed E-state index contributed by atoms with van der Waals surface area (Å²) < 4.78 is 5.08. The highest BCUT2D eigenvalue weighted by atomic mass is 35.5. The molecular weight excluding hydrogens is 290 g/mol. The molecule has 0 saturated carbocycles. The lowest BCUT2D eigenvalue weighted by atomic mass is 9.94. The van der Waals surface area contributed by atoms with Crippen LogP contribution in [0.2, 0.25) is 5.02 Å². The van der Waals surface area contributed by atoms with Gasteiger partial charge in [0.1, 0.15) is 11.5 Å². The van der Waals surface area contributed by atoms with E-state index in [1.807, 2.05) is 6.92 Å². The average Bonchev–Trinajstić information content (AvgIpc) is 2.49. The Morgan fingerprint density at radius 1 is 1.48 bits per heavy atom. The molecule has 0 radical (unpaired) electrons. The van der Waals surface area contributed by atoms with E-state index in [2.05, 4.69) is 4.90 Å². The largest absolute Gasteiger partial charge is 0.495 e. The summed E-state index contributed by atoms with van der Waals surface area (Å²) in [6.45, 7) is 3.67. The monoisotopic (exact) mass is 309 g/mol. The average molecular weight is 310 g/mol. The number of benzene rings is 1. The van der Waals surface area contributed by atoms with Gasteiger partial charge in [-0.15, -0.1) is 0 Å². The smallest absolute Gasteiger partial charge is 0.176 e. The predicted molar refractivity (Wildman–Crippen MR) is 82.2 cm³/mol. The number of hydrogen-bond donors (Lipinski definition) is 0. The lowest BCUT2D eigenvalue weighted by Gasteiger charge is -2.30. The van der Waals surface area contributed by atoms with Gasteiger partial charge in [0, 0.05) is 31.0 Å². The van der Waals surface area contributed by atoms with Gasteiger partial charge in [0.15, 0.2) is 5.78 Å². The number of piperidine rings is 1. The third-order valence-electron chi connectivity index (χ3n) is 3.94. The van der Waals surface area contributed by atoms with Crippen LogP contribution < -0.4 is 4.74 Å². The first-order valence-corrected chi connectivity index (χ1v) is 7.54. The highest BCUT2D eigenvalue weighted by molar-refractivity contribution is 6.32. The molecule has 1 fully saturated rings. The maximum atomic E-state index is 12.3. The van der Waals surface area contributed by atoms with Crippen molar-refractivity contribution in [3.8, 4) is 5.75 Å². The van der Waals surface area contributed by atoms with Crippen molar-refractivity contribution < 1.29 is 14.3 Å². The standard InChI is InChI=1S/C16H20ClNO3/c1-3-11-9-18(7-6-14(11)19)10-15(20)12-4-5-16(21-2)13(17)8-12/h4-5,8,11H,3,6-7,9-10H2,1-2H3. The van der Waals surface area contributed by atoms with Crippen LogP contribution in [-0.2, 0) is 4.79 Å². The van der Waals surface area contributed by atoms with E-state index in [0.29, 0.717) is 48.2 Å². The molecule has 0 spiro atoms. The fraction of sp³-hybridized carbons (Fsp3) is 0.500. The molecule has 0 bridgehead atoms. The summed E-state index contributed by atoms with van der Waals surface area (Å²) in [7, 11) is 1.54. The molecule has 0 aromatic heterocycles. The van der Waals surface area contributed by atoms with Crippen LogP contribution >= 0.6 is 11.6 Å². The van der Waals surface area contributed by atoms with Gasteiger partial charge in [0.2, 0.25) is 0 Å². The van der Waals surface area contributed by atoms with Crippen molar-refractivity contribution in [3.05, 3.63) is 28.8 Å². The third kappa shape index (κ3) is 3.83. The molecular formula is C16H20ClNO3. The SMILES string of the molecule is CCC1CN(CC(=O)c2ccc(OC)c(Cl)c2)CCC1=O. The van der Waals surface area contributed by atoms with Gasteiger partial charge in [-0.2, -0.15) is 0 Å². The van der Waals surface area contributed by atoms with Gasteiger partial charge in [-0.3, -0.25) is 14.5 Å². The van der Waals surface area contributed by atoms with Crippen LogP contribution in [0.25, 0.3) is 0 Å². The number of Topliss-reactive ketones (excluding diaryl/α,β-unsaturated/α-hetero) is 2. The van der Waals surface area contributed by atoms with Gasteiger partial charge in [0.25, 0.3) is 0 Å². The molecule has 2 rings (SSSR count). The molecule has 1 aliphatic heterocycles. The van der Waals surface area contributed by atoms with E-state index >= 15 is 0 Å². The van der Waals surface area contributed by atoms with Gasteiger partial charge in [0.05, 0.1) is 18.7 Å². The number of nitrogens with zero attached hydrogens (tertiary/aromatic N) is 1. The number of ether oxygens (including phenoxy) is 1. The van der Waals surface area contributed by atoms with Crippen molar-refractivity contribution in [3.63, 3.8) is 0 Å². The van der Waals surface area contributed by atoms with Gasteiger partial charge in [-0.1, -0.05) is 18.5 Å². The lowest BCUT2D eigenvalue weighted by molar-refractivity contribution is -0.126. The van der Waals surface area contributed by atoms with E-state index < -0.39 is 0 Å². The lowest BCUT2D eigenvalue weighted by Crippen LogP contribution is -2.42. The van der Waals surface area contributed by atoms with Crippen LogP contribution in [0.3, 0.4) is 0 Å². The van der Waals surface area contributed by atoms with Crippen LogP contribution in [0.5, 0.6) is 5.75 Å². The Labute approximate surface area is 130 Å². The van der Waals surface area contributed by atoms with Crippen molar-refractivity contribution in [2.24, 2.45) is 5.92 Å². The number of halogens is 1. The fourth-order valence-electron chi connectivity index (χ4n) is 2.61. The van der Waals surface area contributed by atoms with Gasteiger partial charge in [-0.25, -0.2) is 0 Å². The Morgan fingerprint density at radius 2 is 2.24 bits per heavy atom. The van der Waals surface area contributed by atoms with Gasteiger partial charge in [-0.05, 0) is 24.6 Å². The molecule has 1 saturated heterocycles. The Kier molecular flexibility index (Phi) is 5.37. The van der Waals surface area contributed by atoms with Gasteiger partial charge < -0.3 is 4.74 Å². The van der Waals surface area contributed by atoms with Crippen molar-refractivity contribution >= 4 is 23.2 Å². The Hall–Kier alpha value is -1.39. The van der Waals surface area contributed by atoms with Crippen LogP contribution in [0, 0.1) is 5.92 Å². The Balaban J connectivity index is 2.01. The highest BCUT2D eigenvalue weighted by Crippen LogP contribution is 2.25. The molecule has 0 amide bonds. The van der Waals surface area contributed by atoms with Crippen molar-refractivity contribution in [1.82, 2.24) is 4.90 Å². The number of rotatable bonds is 5. The van der Waals surface area contributed by atoms with Crippen LogP contribution in [0.15, 0.2) is 18.2 Å². The number of carbonyl (C=O) groups excluding carboxylic acids is 2. The summed E-state index contributed by atoms with van der Waals surface area (Å²) >= 11 is 6.05. The zero-order chi connectivity index (χ0) is 15.4. The summed E-state index contributed by atoms with van der Waals surface area (Å²) in [4.78, 5) is 26.1. The number of ketones is 2. The minimum atomic E-state index is 0.0174. The van der Waals surface area contributed by atoms with E-state index in [9.17, 15) is 9.59 Å². The van der Waals surface area contributed by atoms with Crippen LogP contribution in [0.4, 0.5) is 0 Å². The molecule has 21 heavy (non-hydrogen) atoms. The molecule has 1 aromatic carbocycles. The fourth-order valence-corrected chi connectivity index (χ4v) is 2.87. The van der Waals surface area contributed by atoms with E-state index in [4.69, 9.17) is 16.3 Å². The van der Waals surface area contributed by atoms with Crippen molar-refractivity contribution in [2.75, 3.05) is 26.7 Å². The molecule has 114 valence electrons. The molecule has 1 aliphatic rings. The maximum Gasteiger partial charge on any atom is 0.176 e. The first kappa shape index (κ1) is 16.0. The van der Waals surface area contributed by atoms with Gasteiger partial charge >= 0.3 is 0 Å². The van der Waals surface area contributed by atoms with E-state index in [0.717, 1.165) is 6.42 Å². The topological polar surface area (TPSA) is 46.6 Å². The summed E-state index contributed by atoms with van der Waals surface area (Å²) in [5.41, 5.74) is 0.575. The zero-order valence-electron chi connectivity index (χ0n) is 12.4. The van der Waals surface area contributed by atoms with E-state index in [1.165, 1.54) is 0 Å². The molecule has 1 aromatic rings. The molecule has 0 N–H and O–H groups in total. The second-order valence-electron chi connectivity index (χ2n) is 5.33. The molecule has 0 aliphatic carbocycles. The highest BCUT2D eigenvalue weighted by Gasteiger charge is 2.27. The second-order valence-corrected chi connectivity index (χ2v) is 5.74. The summed E-state index contributed by atoms with van der Waals surface area (Å²) in [5, 5.41) is 0.434. The molecule has 1 atom stereocenters. The quantitative estimate of drug-likeness (QED) is 0.785. The Bertz CT molecular complexity index is 544. The first-order chi connectivity index (χ1) is 10.0. The number of likely N-dealkylation sites (tertiary alicyclic amines) is 1. The molecule has 5 heteroatoms. The van der Waals surface area contributed by atoms with Crippen molar-refractivity contribution in [1.29, 1.82) is 0 Å². The second kappa shape index (κ2) is 7.05. The van der Waals surface area contributed by atoms with E-state index in [1.54, 1.807) is 25.3 Å². The minimum absolute atomic E-state index is 0.0174. The third-order valence-corrected chi connectivity index (χ3v) is 4.24. The summed E-state index contributed by atoms with van der Waals surface area (Å²) in [6.07, 6.45) is 1.37. The Morgan fingerprint density at radius 3 is 2.86 bits per heavy atom. The van der Waals surface area contributed by atoms with Crippen molar-refractivity contribution in [2.45, 2.75) is 19.8 Å².